The molecule has 2 aliphatic rings. The standard InChI is InChI=1S/C23H24Cl2N2O3S/c24-20-5-1-15(9-21(20)25)12-27-7-8-30-17(13-27)11-26-23(29)14-31-18-4-2-16-3-6-22(28)19(16)10-18/h1-2,4-5,9-10,17H,3,6-8,11-14H2,(H,26,29)/t17-/m0/s1. The maximum absolute atomic E-state index is 12.3. The average molecular weight is 479 g/mol. The molecular weight excluding hydrogens is 455 g/mol. The van der Waals surface area contributed by atoms with Gasteiger partial charge in [0.25, 0.3) is 0 Å². The van der Waals surface area contributed by atoms with Crippen molar-refractivity contribution in [1.29, 1.82) is 0 Å². The molecule has 1 atom stereocenters. The lowest BCUT2D eigenvalue weighted by molar-refractivity contribution is -0.119. The summed E-state index contributed by atoms with van der Waals surface area (Å²) in [6.45, 7) is 3.43. The van der Waals surface area contributed by atoms with Gasteiger partial charge < -0.3 is 10.1 Å². The first-order valence-corrected chi connectivity index (χ1v) is 12.1. The predicted molar refractivity (Wildman–Crippen MR) is 124 cm³/mol. The number of Topliss-reactive ketones (excluding diaryl/α,β-unsaturated/α-hetero) is 1. The molecule has 1 amide bonds. The number of halogens is 2. The van der Waals surface area contributed by atoms with Gasteiger partial charge in [0, 0.05) is 43.1 Å². The van der Waals surface area contributed by atoms with Gasteiger partial charge in [-0.1, -0.05) is 35.3 Å². The Morgan fingerprint density at radius 2 is 2.03 bits per heavy atom. The van der Waals surface area contributed by atoms with E-state index in [1.807, 2.05) is 36.4 Å². The first-order valence-electron chi connectivity index (χ1n) is 10.3. The molecule has 1 saturated heterocycles. The maximum Gasteiger partial charge on any atom is 0.230 e. The minimum atomic E-state index is -0.0527. The third-order valence-corrected chi connectivity index (χ3v) is 7.25. The Bertz CT molecular complexity index is 985. The highest BCUT2D eigenvalue weighted by Crippen LogP contribution is 2.27. The van der Waals surface area contributed by atoms with Crippen LogP contribution in [0.2, 0.25) is 10.0 Å². The minimum Gasteiger partial charge on any atom is -0.374 e. The van der Waals surface area contributed by atoms with E-state index in [0.29, 0.717) is 35.4 Å². The Kier molecular flexibility index (Phi) is 7.56. The molecule has 1 heterocycles. The summed E-state index contributed by atoms with van der Waals surface area (Å²) in [4.78, 5) is 27.4. The van der Waals surface area contributed by atoms with Crippen LogP contribution in [-0.2, 0) is 22.5 Å². The van der Waals surface area contributed by atoms with E-state index in [-0.39, 0.29) is 17.8 Å². The highest BCUT2D eigenvalue weighted by atomic mass is 35.5. The lowest BCUT2D eigenvalue weighted by Crippen LogP contribution is -2.47. The summed E-state index contributed by atoms with van der Waals surface area (Å²) in [5.74, 6) is 0.468. The SMILES string of the molecule is O=C(CSc1ccc2c(c1)C(=O)CC2)NC[C@H]1CN(Cc2ccc(Cl)c(Cl)c2)CCO1. The first-order chi connectivity index (χ1) is 15.0. The fourth-order valence-corrected chi connectivity index (χ4v) is 4.96. The third-order valence-electron chi connectivity index (χ3n) is 5.51. The quantitative estimate of drug-likeness (QED) is 0.603. The summed E-state index contributed by atoms with van der Waals surface area (Å²) in [5.41, 5.74) is 3.02. The van der Waals surface area contributed by atoms with Gasteiger partial charge in [0.15, 0.2) is 5.78 Å². The number of ether oxygens (including phenoxy) is 1. The molecule has 1 aliphatic heterocycles. The number of fused-ring (bicyclic) bond motifs is 1. The Hall–Kier alpha value is -1.57. The van der Waals surface area contributed by atoms with E-state index in [4.69, 9.17) is 27.9 Å². The Balaban J connectivity index is 1.21. The molecule has 0 radical (unpaired) electrons. The Morgan fingerprint density at radius 1 is 1.16 bits per heavy atom. The zero-order chi connectivity index (χ0) is 21.8. The summed E-state index contributed by atoms with van der Waals surface area (Å²) in [5, 5.41) is 4.08. The van der Waals surface area contributed by atoms with Gasteiger partial charge in [-0.15, -0.1) is 11.8 Å². The van der Waals surface area contributed by atoms with E-state index < -0.39 is 0 Å². The Morgan fingerprint density at radius 3 is 2.87 bits per heavy atom. The van der Waals surface area contributed by atoms with Crippen molar-refractivity contribution >= 4 is 46.7 Å². The van der Waals surface area contributed by atoms with Crippen LogP contribution in [0.25, 0.3) is 0 Å². The summed E-state index contributed by atoms with van der Waals surface area (Å²) in [7, 11) is 0. The lowest BCUT2D eigenvalue weighted by atomic mass is 10.1. The zero-order valence-electron chi connectivity index (χ0n) is 17.0. The van der Waals surface area contributed by atoms with E-state index in [1.54, 1.807) is 0 Å². The van der Waals surface area contributed by atoms with E-state index in [9.17, 15) is 9.59 Å². The summed E-state index contributed by atoms with van der Waals surface area (Å²) < 4.78 is 5.82. The van der Waals surface area contributed by atoms with Crippen LogP contribution in [0.15, 0.2) is 41.3 Å². The summed E-state index contributed by atoms with van der Waals surface area (Å²) >= 11 is 13.6. The molecule has 0 saturated carbocycles. The van der Waals surface area contributed by atoms with Crippen molar-refractivity contribution in [2.75, 3.05) is 32.0 Å². The highest BCUT2D eigenvalue weighted by Gasteiger charge is 2.22. The van der Waals surface area contributed by atoms with Crippen LogP contribution >= 0.6 is 35.0 Å². The van der Waals surface area contributed by atoms with Gasteiger partial charge in [-0.3, -0.25) is 14.5 Å². The van der Waals surface area contributed by atoms with Crippen LogP contribution in [0.3, 0.4) is 0 Å². The predicted octanol–water partition coefficient (Wildman–Crippen LogP) is 4.23. The number of morpholine rings is 1. The molecule has 8 heteroatoms. The maximum atomic E-state index is 12.3. The summed E-state index contributed by atoms with van der Waals surface area (Å²) in [6, 6.07) is 11.6. The number of hydrogen-bond donors (Lipinski definition) is 1. The van der Waals surface area contributed by atoms with Gasteiger partial charge in [0.2, 0.25) is 5.91 Å². The Labute approximate surface area is 196 Å². The molecule has 2 aromatic carbocycles. The van der Waals surface area contributed by atoms with Crippen LogP contribution in [-0.4, -0.2) is 54.7 Å². The normalized spacial score (nSPS) is 18.8. The number of benzene rings is 2. The average Bonchev–Trinajstić information content (AvgIpc) is 3.14. The molecule has 0 bridgehead atoms. The highest BCUT2D eigenvalue weighted by molar-refractivity contribution is 8.00. The second-order valence-corrected chi connectivity index (χ2v) is 9.67. The van der Waals surface area contributed by atoms with Crippen molar-refractivity contribution in [3.05, 3.63) is 63.1 Å². The van der Waals surface area contributed by atoms with Crippen LogP contribution in [0.1, 0.15) is 27.9 Å². The van der Waals surface area contributed by atoms with E-state index in [0.717, 1.165) is 47.6 Å². The molecule has 5 nitrogen and oxygen atoms in total. The molecule has 31 heavy (non-hydrogen) atoms. The van der Waals surface area contributed by atoms with Gasteiger partial charge in [0.1, 0.15) is 0 Å². The van der Waals surface area contributed by atoms with E-state index >= 15 is 0 Å². The number of carbonyl (C=O) groups is 2. The smallest absolute Gasteiger partial charge is 0.230 e. The molecule has 1 fully saturated rings. The number of thioether (sulfide) groups is 1. The van der Waals surface area contributed by atoms with Gasteiger partial charge in [-0.25, -0.2) is 0 Å². The number of nitrogens with zero attached hydrogens (tertiary/aromatic N) is 1. The van der Waals surface area contributed by atoms with Gasteiger partial charge >= 0.3 is 0 Å². The molecule has 0 spiro atoms. The van der Waals surface area contributed by atoms with Crippen LogP contribution in [0.5, 0.6) is 0 Å². The minimum absolute atomic E-state index is 0.0398. The van der Waals surface area contributed by atoms with Crippen molar-refractivity contribution in [3.8, 4) is 0 Å². The van der Waals surface area contributed by atoms with Crippen molar-refractivity contribution in [2.24, 2.45) is 0 Å². The number of nitrogens with one attached hydrogen (secondary N) is 1. The molecule has 1 N–H and O–H groups in total. The third kappa shape index (κ3) is 6.02. The molecule has 164 valence electrons. The first kappa shape index (κ1) is 22.6. The molecular formula is C23H24Cl2N2O3S. The summed E-state index contributed by atoms with van der Waals surface area (Å²) in [6.07, 6.45) is 1.36. The van der Waals surface area contributed by atoms with E-state index in [2.05, 4.69) is 10.2 Å². The second kappa shape index (κ2) is 10.4. The van der Waals surface area contributed by atoms with Crippen LogP contribution in [0.4, 0.5) is 0 Å². The second-order valence-electron chi connectivity index (χ2n) is 7.81. The molecule has 1 aliphatic carbocycles. The van der Waals surface area contributed by atoms with Gasteiger partial charge in [-0.05, 0) is 41.8 Å². The van der Waals surface area contributed by atoms with Gasteiger partial charge in [0.05, 0.1) is 28.5 Å². The van der Waals surface area contributed by atoms with Crippen LogP contribution < -0.4 is 5.32 Å². The molecule has 0 aromatic heterocycles. The number of aryl methyl sites for hydroxylation is 1. The molecule has 0 unspecified atom stereocenters. The monoisotopic (exact) mass is 478 g/mol. The number of ketones is 1. The lowest BCUT2D eigenvalue weighted by Gasteiger charge is -2.33. The van der Waals surface area contributed by atoms with Crippen molar-refractivity contribution < 1.29 is 14.3 Å². The largest absolute Gasteiger partial charge is 0.374 e. The number of rotatable bonds is 7. The van der Waals surface area contributed by atoms with Gasteiger partial charge in [-0.2, -0.15) is 0 Å². The number of carbonyl (C=O) groups excluding carboxylic acids is 2. The van der Waals surface area contributed by atoms with Crippen LogP contribution in [0, 0.1) is 0 Å². The number of amides is 1. The zero-order valence-corrected chi connectivity index (χ0v) is 19.4. The van der Waals surface area contributed by atoms with Crippen molar-refractivity contribution in [1.82, 2.24) is 10.2 Å². The molecule has 4 rings (SSSR count). The fourth-order valence-electron chi connectivity index (χ4n) is 3.88. The number of hydrogen-bond acceptors (Lipinski definition) is 5. The molecule has 2 aromatic rings. The van der Waals surface area contributed by atoms with Crippen molar-refractivity contribution in [2.45, 2.75) is 30.4 Å². The fraction of sp³-hybridized carbons (Fsp3) is 0.391. The van der Waals surface area contributed by atoms with E-state index in [1.165, 1.54) is 11.8 Å². The van der Waals surface area contributed by atoms with Crippen molar-refractivity contribution in [3.63, 3.8) is 0 Å². The topological polar surface area (TPSA) is 58.6 Å².